The molecule has 2 unspecified atom stereocenters. The van der Waals surface area contributed by atoms with Crippen molar-refractivity contribution in [1.29, 1.82) is 0 Å². The van der Waals surface area contributed by atoms with E-state index in [0.717, 1.165) is 38.2 Å². The zero-order chi connectivity index (χ0) is 12.4. The minimum atomic E-state index is -0.123. The molecule has 96 valence electrons. The Balaban J connectivity index is 1.88. The second-order valence-electron chi connectivity index (χ2n) is 5.01. The second-order valence-corrected chi connectivity index (χ2v) is 5.40. The van der Waals surface area contributed by atoms with E-state index in [4.69, 9.17) is 11.6 Å². The summed E-state index contributed by atoms with van der Waals surface area (Å²) in [5.41, 5.74) is 0. The van der Waals surface area contributed by atoms with Gasteiger partial charge < -0.3 is 9.67 Å². The highest BCUT2D eigenvalue weighted by Gasteiger charge is 2.26. The summed E-state index contributed by atoms with van der Waals surface area (Å²) in [6.07, 6.45) is 4.78. The molecular weight excluding hydrogens is 238 g/mol. The minimum Gasteiger partial charge on any atom is -0.393 e. The van der Waals surface area contributed by atoms with Gasteiger partial charge in [-0.15, -0.1) is 0 Å². The number of halogens is 1. The molecule has 1 aliphatic rings. The first-order valence-corrected chi connectivity index (χ1v) is 6.48. The van der Waals surface area contributed by atoms with Crippen LogP contribution in [0.25, 0.3) is 0 Å². The Bertz CT molecular complexity index is 380. The third-order valence-corrected chi connectivity index (χ3v) is 3.96. The maximum atomic E-state index is 9.79. The topological polar surface area (TPSA) is 41.3 Å². The number of aliphatic hydroxyl groups excluding tert-OH is 1. The lowest BCUT2D eigenvalue weighted by atomic mass is 10.1. The van der Waals surface area contributed by atoms with Gasteiger partial charge in [0.2, 0.25) is 0 Å². The Kier molecular flexibility index (Phi) is 4.07. The van der Waals surface area contributed by atoms with Gasteiger partial charge in [0.15, 0.2) is 0 Å². The van der Waals surface area contributed by atoms with E-state index in [2.05, 4.69) is 16.9 Å². The number of aromatic nitrogens is 2. The number of hydrogen-bond acceptors (Lipinski definition) is 3. The molecule has 0 aliphatic heterocycles. The van der Waals surface area contributed by atoms with Crippen molar-refractivity contribution in [1.82, 2.24) is 14.5 Å². The van der Waals surface area contributed by atoms with Gasteiger partial charge in [-0.1, -0.05) is 18.0 Å². The fraction of sp³-hybridized carbons (Fsp3) is 0.750. The van der Waals surface area contributed by atoms with Crippen molar-refractivity contribution < 1.29 is 5.11 Å². The summed E-state index contributed by atoms with van der Waals surface area (Å²) in [4.78, 5) is 6.48. The van der Waals surface area contributed by atoms with E-state index < -0.39 is 0 Å². The largest absolute Gasteiger partial charge is 0.393 e. The van der Waals surface area contributed by atoms with Crippen LogP contribution in [0.2, 0.25) is 5.15 Å². The van der Waals surface area contributed by atoms with Crippen molar-refractivity contribution in [2.24, 2.45) is 13.0 Å². The van der Waals surface area contributed by atoms with E-state index in [-0.39, 0.29) is 6.10 Å². The van der Waals surface area contributed by atoms with Gasteiger partial charge in [-0.25, -0.2) is 4.98 Å². The van der Waals surface area contributed by atoms with Gasteiger partial charge in [0.1, 0.15) is 11.0 Å². The quantitative estimate of drug-likeness (QED) is 0.892. The van der Waals surface area contributed by atoms with Crippen molar-refractivity contribution in [3.8, 4) is 0 Å². The van der Waals surface area contributed by atoms with Crippen molar-refractivity contribution in [2.75, 3.05) is 13.6 Å². The first-order valence-electron chi connectivity index (χ1n) is 6.10. The maximum absolute atomic E-state index is 9.79. The van der Waals surface area contributed by atoms with Crippen LogP contribution in [-0.4, -0.2) is 39.3 Å². The fourth-order valence-electron chi connectivity index (χ4n) is 2.51. The van der Waals surface area contributed by atoms with Crippen LogP contribution < -0.4 is 0 Å². The molecular formula is C12H20ClN3O. The average molecular weight is 258 g/mol. The Labute approximate surface area is 107 Å². The summed E-state index contributed by atoms with van der Waals surface area (Å²) < 4.78 is 1.89. The molecule has 17 heavy (non-hydrogen) atoms. The summed E-state index contributed by atoms with van der Waals surface area (Å²) >= 11 is 5.95. The zero-order valence-corrected chi connectivity index (χ0v) is 11.2. The summed E-state index contributed by atoms with van der Waals surface area (Å²) in [6, 6.07) is 0. The monoisotopic (exact) mass is 257 g/mol. The molecule has 5 heteroatoms. The van der Waals surface area contributed by atoms with Crippen LogP contribution in [0, 0.1) is 5.92 Å². The molecule has 2 atom stereocenters. The molecule has 1 aliphatic carbocycles. The molecule has 1 aromatic heterocycles. The van der Waals surface area contributed by atoms with Crippen LogP contribution >= 0.6 is 11.6 Å². The lowest BCUT2D eigenvalue weighted by Crippen LogP contribution is -2.30. The standard InChI is InChI=1S/C12H20ClN3O/c1-15(7-9-4-3-5-10(9)17)8-12-14-6-11(13)16(12)2/h6,9-10,17H,3-5,7-8H2,1-2H3. The Hall–Kier alpha value is -0.580. The highest BCUT2D eigenvalue weighted by atomic mass is 35.5. The average Bonchev–Trinajstić information content (AvgIpc) is 2.80. The van der Waals surface area contributed by atoms with E-state index in [0.29, 0.717) is 11.1 Å². The number of rotatable bonds is 4. The van der Waals surface area contributed by atoms with Gasteiger partial charge in [-0.2, -0.15) is 0 Å². The molecule has 0 spiro atoms. The van der Waals surface area contributed by atoms with Crippen LogP contribution in [0.15, 0.2) is 6.20 Å². The first-order chi connectivity index (χ1) is 8.08. The van der Waals surface area contributed by atoms with Gasteiger partial charge in [0.25, 0.3) is 0 Å². The molecule has 2 rings (SSSR count). The molecule has 1 aromatic rings. The fourth-order valence-corrected chi connectivity index (χ4v) is 2.65. The van der Waals surface area contributed by atoms with Gasteiger partial charge in [0.05, 0.1) is 18.8 Å². The van der Waals surface area contributed by atoms with Crippen molar-refractivity contribution >= 4 is 11.6 Å². The molecule has 1 N–H and O–H groups in total. The van der Waals surface area contributed by atoms with E-state index in [1.165, 1.54) is 0 Å². The number of nitrogens with zero attached hydrogens (tertiary/aromatic N) is 3. The summed E-state index contributed by atoms with van der Waals surface area (Å²) in [6.45, 7) is 1.69. The molecule has 0 amide bonds. The van der Waals surface area contributed by atoms with Gasteiger partial charge in [0, 0.05) is 13.6 Å². The summed E-state index contributed by atoms with van der Waals surface area (Å²) in [7, 11) is 3.98. The van der Waals surface area contributed by atoms with Crippen molar-refractivity contribution in [2.45, 2.75) is 31.9 Å². The van der Waals surface area contributed by atoms with Crippen molar-refractivity contribution in [3.63, 3.8) is 0 Å². The molecule has 4 nitrogen and oxygen atoms in total. The molecule has 0 bridgehead atoms. The lowest BCUT2D eigenvalue weighted by molar-refractivity contribution is 0.107. The molecule has 1 saturated carbocycles. The highest BCUT2D eigenvalue weighted by molar-refractivity contribution is 6.29. The number of aliphatic hydroxyl groups is 1. The maximum Gasteiger partial charge on any atom is 0.128 e. The predicted molar refractivity (Wildman–Crippen MR) is 67.9 cm³/mol. The highest BCUT2D eigenvalue weighted by Crippen LogP contribution is 2.26. The second kappa shape index (κ2) is 5.38. The molecule has 0 radical (unpaired) electrons. The zero-order valence-electron chi connectivity index (χ0n) is 10.4. The summed E-state index contributed by atoms with van der Waals surface area (Å²) in [5.74, 6) is 1.38. The SMILES string of the molecule is CN(Cc1ncc(Cl)n1C)CC1CCCC1O. The van der Waals surface area contributed by atoms with Crippen LogP contribution in [0.5, 0.6) is 0 Å². The molecule has 0 saturated heterocycles. The molecule has 1 heterocycles. The third kappa shape index (κ3) is 3.00. The Morgan fingerprint density at radius 1 is 1.59 bits per heavy atom. The number of imidazole rings is 1. The van der Waals surface area contributed by atoms with Gasteiger partial charge in [-0.3, -0.25) is 4.90 Å². The lowest BCUT2D eigenvalue weighted by Gasteiger charge is -2.22. The van der Waals surface area contributed by atoms with Crippen LogP contribution in [-0.2, 0) is 13.6 Å². The first kappa shape index (κ1) is 12.9. The minimum absolute atomic E-state index is 0.123. The summed E-state index contributed by atoms with van der Waals surface area (Å²) in [5, 5.41) is 10.5. The third-order valence-electron chi connectivity index (χ3n) is 3.60. The van der Waals surface area contributed by atoms with Crippen LogP contribution in [0.4, 0.5) is 0 Å². The van der Waals surface area contributed by atoms with E-state index in [9.17, 15) is 5.11 Å². The van der Waals surface area contributed by atoms with E-state index in [1.54, 1.807) is 6.20 Å². The van der Waals surface area contributed by atoms with Gasteiger partial charge >= 0.3 is 0 Å². The van der Waals surface area contributed by atoms with Crippen LogP contribution in [0.1, 0.15) is 25.1 Å². The predicted octanol–water partition coefficient (Wildman–Crippen LogP) is 1.67. The Morgan fingerprint density at radius 3 is 2.88 bits per heavy atom. The molecule has 0 aromatic carbocycles. The van der Waals surface area contributed by atoms with E-state index in [1.807, 2.05) is 11.6 Å². The van der Waals surface area contributed by atoms with E-state index >= 15 is 0 Å². The normalized spacial score (nSPS) is 24.8. The number of hydrogen-bond donors (Lipinski definition) is 1. The Morgan fingerprint density at radius 2 is 2.35 bits per heavy atom. The molecule has 1 fully saturated rings. The smallest absolute Gasteiger partial charge is 0.128 e. The van der Waals surface area contributed by atoms with Crippen LogP contribution in [0.3, 0.4) is 0 Å². The van der Waals surface area contributed by atoms with Gasteiger partial charge in [-0.05, 0) is 25.8 Å². The van der Waals surface area contributed by atoms with Crippen molar-refractivity contribution in [3.05, 3.63) is 17.2 Å².